The molecule has 1 aromatic heterocycles. The molecule has 6 nitrogen and oxygen atoms in total. The second-order valence-electron chi connectivity index (χ2n) is 6.01. The van der Waals surface area contributed by atoms with Gasteiger partial charge in [0.15, 0.2) is 9.84 Å². The molecule has 1 unspecified atom stereocenters. The summed E-state index contributed by atoms with van der Waals surface area (Å²) < 4.78 is 24.7. The largest absolute Gasteiger partial charge is 0.399 e. The maximum Gasteiger partial charge on any atom is 0.154 e. The van der Waals surface area contributed by atoms with Crippen LogP contribution in [-0.4, -0.2) is 34.1 Å². The van der Waals surface area contributed by atoms with Crippen molar-refractivity contribution in [1.29, 1.82) is 0 Å². The second-order valence-corrected chi connectivity index (χ2v) is 8.66. The fourth-order valence-corrected chi connectivity index (χ4v) is 2.51. The average molecular weight is 311 g/mol. The number of aliphatic hydroxyl groups excluding tert-OH is 1. The van der Waals surface area contributed by atoms with Crippen LogP contribution in [0.15, 0.2) is 18.2 Å². The summed E-state index contributed by atoms with van der Waals surface area (Å²) in [6, 6.07) is 5.24. The summed E-state index contributed by atoms with van der Waals surface area (Å²) in [5.41, 5.74) is 7.73. The highest BCUT2D eigenvalue weighted by Crippen LogP contribution is 2.27. The lowest BCUT2D eigenvalue weighted by atomic mass is 10.2. The SMILES string of the molecule is CC(O)c1nc2cc(N)ccc2n1CC(C)(C)S(C)(=O)=O. The van der Waals surface area contributed by atoms with E-state index in [0.29, 0.717) is 17.0 Å². The van der Waals surface area contributed by atoms with Gasteiger partial charge in [-0.25, -0.2) is 13.4 Å². The summed E-state index contributed by atoms with van der Waals surface area (Å²) in [7, 11) is -3.25. The molecule has 7 heteroatoms. The van der Waals surface area contributed by atoms with Crippen LogP contribution < -0.4 is 5.73 Å². The molecule has 1 heterocycles. The van der Waals surface area contributed by atoms with Crippen LogP contribution >= 0.6 is 0 Å². The van der Waals surface area contributed by atoms with Gasteiger partial charge in [0.2, 0.25) is 0 Å². The van der Waals surface area contributed by atoms with Crippen LogP contribution in [0.2, 0.25) is 0 Å². The summed E-state index contributed by atoms with van der Waals surface area (Å²) in [6.45, 7) is 5.15. The van der Waals surface area contributed by atoms with Crippen LogP contribution in [0.4, 0.5) is 5.69 Å². The molecule has 0 bridgehead atoms. The van der Waals surface area contributed by atoms with Crippen LogP contribution in [0.5, 0.6) is 0 Å². The molecule has 0 saturated carbocycles. The zero-order valence-electron chi connectivity index (χ0n) is 12.7. The van der Waals surface area contributed by atoms with Gasteiger partial charge < -0.3 is 15.4 Å². The van der Waals surface area contributed by atoms with Crippen LogP contribution in [0, 0.1) is 0 Å². The number of nitrogen functional groups attached to an aromatic ring is 1. The summed E-state index contributed by atoms with van der Waals surface area (Å²) in [5.74, 6) is 0.437. The van der Waals surface area contributed by atoms with Gasteiger partial charge in [-0.3, -0.25) is 0 Å². The van der Waals surface area contributed by atoms with Crippen molar-refractivity contribution in [3.05, 3.63) is 24.0 Å². The number of nitrogens with two attached hydrogens (primary N) is 1. The standard InChI is InChI=1S/C14H21N3O3S/c1-9(18)13-16-11-7-10(15)5-6-12(11)17(13)8-14(2,3)21(4,19)20/h5-7,9,18H,8,15H2,1-4H3. The number of aromatic nitrogens is 2. The molecule has 0 aliphatic heterocycles. The van der Waals surface area contributed by atoms with Gasteiger partial charge in [-0.1, -0.05) is 0 Å². The van der Waals surface area contributed by atoms with E-state index < -0.39 is 20.7 Å². The van der Waals surface area contributed by atoms with E-state index in [4.69, 9.17) is 5.73 Å². The number of hydrogen-bond donors (Lipinski definition) is 2. The summed E-state index contributed by atoms with van der Waals surface area (Å²) >= 11 is 0. The van der Waals surface area contributed by atoms with E-state index in [1.54, 1.807) is 43.5 Å². The maximum atomic E-state index is 11.9. The number of rotatable bonds is 4. The first-order chi connectivity index (χ1) is 9.53. The lowest BCUT2D eigenvalue weighted by molar-refractivity contribution is 0.183. The Labute approximate surface area is 124 Å². The van der Waals surface area contributed by atoms with Gasteiger partial charge >= 0.3 is 0 Å². The molecule has 0 saturated heterocycles. The van der Waals surface area contributed by atoms with E-state index in [9.17, 15) is 13.5 Å². The van der Waals surface area contributed by atoms with Crippen molar-refractivity contribution in [3.63, 3.8) is 0 Å². The number of hydrogen-bond acceptors (Lipinski definition) is 5. The quantitative estimate of drug-likeness (QED) is 0.834. The Morgan fingerprint density at radius 3 is 2.57 bits per heavy atom. The Balaban J connectivity index is 2.64. The molecule has 21 heavy (non-hydrogen) atoms. The molecule has 0 aliphatic carbocycles. The lowest BCUT2D eigenvalue weighted by Crippen LogP contribution is -2.36. The van der Waals surface area contributed by atoms with E-state index in [-0.39, 0.29) is 6.54 Å². The zero-order valence-corrected chi connectivity index (χ0v) is 13.5. The molecule has 1 aromatic carbocycles. The van der Waals surface area contributed by atoms with Crippen molar-refractivity contribution in [2.75, 3.05) is 12.0 Å². The molecule has 0 radical (unpaired) electrons. The first-order valence-electron chi connectivity index (χ1n) is 6.66. The van der Waals surface area contributed by atoms with E-state index in [0.717, 1.165) is 5.52 Å². The van der Waals surface area contributed by atoms with Gasteiger partial charge in [-0.15, -0.1) is 0 Å². The summed E-state index contributed by atoms with van der Waals surface area (Å²) in [4.78, 5) is 4.38. The van der Waals surface area contributed by atoms with Crippen molar-refractivity contribution < 1.29 is 13.5 Å². The number of nitrogens with zero attached hydrogens (tertiary/aromatic N) is 2. The number of anilines is 1. The van der Waals surface area contributed by atoms with E-state index in [2.05, 4.69) is 4.98 Å². The number of sulfone groups is 1. The molecule has 0 aliphatic rings. The van der Waals surface area contributed by atoms with Crippen LogP contribution in [0.3, 0.4) is 0 Å². The summed E-state index contributed by atoms with van der Waals surface area (Å²) in [6.07, 6.45) is 0.417. The Bertz CT molecular complexity index is 776. The highest BCUT2D eigenvalue weighted by Gasteiger charge is 2.32. The molecule has 116 valence electrons. The monoisotopic (exact) mass is 311 g/mol. The van der Waals surface area contributed by atoms with Crippen molar-refractivity contribution in [1.82, 2.24) is 9.55 Å². The van der Waals surface area contributed by atoms with Crippen molar-refractivity contribution in [3.8, 4) is 0 Å². The first kappa shape index (κ1) is 15.8. The minimum absolute atomic E-state index is 0.215. The zero-order chi connectivity index (χ0) is 16.0. The van der Waals surface area contributed by atoms with Gasteiger partial charge in [0.05, 0.1) is 15.8 Å². The van der Waals surface area contributed by atoms with Crippen LogP contribution in [-0.2, 0) is 16.4 Å². The Kier molecular flexibility index (Phi) is 3.75. The normalized spacial score (nSPS) is 14.5. The highest BCUT2D eigenvalue weighted by atomic mass is 32.2. The lowest BCUT2D eigenvalue weighted by Gasteiger charge is -2.25. The van der Waals surface area contributed by atoms with E-state index >= 15 is 0 Å². The van der Waals surface area contributed by atoms with E-state index in [1.165, 1.54) is 6.26 Å². The van der Waals surface area contributed by atoms with Gasteiger partial charge in [-0.05, 0) is 39.0 Å². The highest BCUT2D eigenvalue weighted by molar-refractivity contribution is 7.92. The number of fused-ring (bicyclic) bond motifs is 1. The second kappa shape index (κ2) is 4.99. The van der Waals surface area contributed by atoms with Crippen molar-refractivity contribution in [2.45, 2.75) is 38.2 Å². The van der Waals surface area contributed by atoms with Gasteiger partial charge in [0.1, 0.15) is 11.9 Å². The Morgan fingerprint density at radius 2 is 2.05 bits per heavy atom. The molecule has 0 fully saturated rings. The van der Waals surface area contributed by atoms with E-state index in [1.807, 2.05) is 0 Å². The third-order valence-electron chi connectivity index (χ3n) is 3.72. The van der Waals surface area contributed by atoms with Crippen molar-refractivity contribution in [2.24, 2.45) is 0 Å². The molecule has 0 amide bonds. The number of benzene rings is 1. The third kappa shape index (κ3) is 2.89. The predicted molar refractivity (Wildman–Crippen MR) is 83.7 cm³/mol. The molecular weight excluding hydrogens is 290 g/mol. The third-order valence-corrected chi connectivity index (χ3v) is 5.85. The minimum atomic E-state index is -3.25. The maximum absolute atomic E-state index is 11.9. The Morgan fingerprint density at radius 1 is 1.43 bits per heavy atom. The number of imidazole rings is 1. The summed E-state index contributed by atoms with van der Waals surface area (Å²) in [5, 5.41) is 9.91. The molecule has 2 rings (SSSR count). The van der Waals surface area contributed by atoms with Crippen LogP contribution in [0.1, 0.15) is 32.7 Å². The molecule has 2 aromatic rings. The molecule has 1 atom stereocenters. The van der Waals surface area contributed by atoms with Crippen LogP contribution in [0.25, 0.3) is 11.0 Å². The predicted octanol–water partition coefficient (Wildman–Crippen LogP) is 1.50. The molecule has 3 N–H and O–H groups in total. The van der Waals surface area contributed by atoms with Crippen molar-refractivity contribution >= 4 is 26.6 Å². The minimum Gasteiger partial charge on any atom is -0.399 e. The fourth-order valence-electron chi connectivity index (χ4n) is 2.15. The van der Waals surface area contributed by atoms with Gasteiger partial charge in [-0.2, -0.15) is 0 Å². The van der Waals surface area contributed by atoms with Gasteiger partial charge in [0, 0.05) is 18.5 Å². The molecule has 0 spiro atoms. The smallest absolute Gasteiger partial charge is 0.154 e. The molecular formula is C14H21N3O3S. The Hall–Kier alpha value is -1.60. The number of aliphatic hydroxyl groups is 1. The first-order valence-corrected chi connectivity index (χ1v) is 8.55. The average Bonchev–Trinajstić information content (AvgIpc) is 2.65. The topological polar surface area (TPSA) is 98.2 Å². The van der Waals surface area contributed by atoms with Gasteiger partial charge in [0.25, 0.3) is 0 Å². The fraction of sp³-hybridized carbons (Fsp3) is 0.500.